The SMILES string of the molecule is CC1CCCCC1NC(=O)c1ccc(-n2cnc3ccccc32)cc1. The number of rotatable bonds is 3. The highest BCUT2D eigenvalue weighted by atomic mass is 16.1. The second-order valence-corrected chi connectivity index (χ2v) is 6.99. The van der Waals surface area contributed by atoms with Crippen molar-refractivity contribution in [3.05, 3.63) is 60.4 Å². The van der Waals surface area contributed by atoms with Crippen molar-refractivity contribution < 1.29 is 4.79 Å². The van der Waals surface area contributed by atoms with Crippen molar-refractivity contribution in [1.29, 1.82) is 0 Å². The highest BCUT2D eigenvalue weighted by molar-refractivity contribution is 5.94. The number of amides is 1. The summed E-state index contributed by atoms with van der Waals surface area (Å²) >= 11 is 0. The van der Waals surface area contributed by atoms with E-state index in [1.165, 1.54) is 19.3 Å². The average Bonchev–Trinajstić information content (AvgIpc) is 3.08. The standard InChI is InChI=1S/C21H23N3O/c1-15-6-2-3-7-18(15)23-21(25)16-10-12-17(13-11-16)24-14-22-19-8-4-5-9-20(19)24/h4-5,8-15,18H,2-3,6-7H2,1H3,(H,23,25). The molecule has 4 nitrogen and oxygen atoms in total. The molecule has 1 aliphatic carbocycles. The van der Waals surface area contributed by atoms with Crippen LogP contribution in [0, 0.1) is 5.92 Å². The molecule has 1 N–H and O–H groups in total. The molecule has 1 aliphatic rings. The van der Waals surface area contributed by atoms with Gasteiger partial charge < -0.3 is 5.32 Å². The van der Waals surface area contributed by atoms with Gasteiger partial charge in [0.05, 0.1) is 11.0 Å². The van der Waals surface area contributed by atoms with Gasteiger partial charge in [-0.3, -0.25) is 9.36 Å². The molecule has 3 aromatic rings. The molecule has 1 saturated carbocycles. The summed E-state index contributed by atoms with van der Waals surface area (Å²) in [4.78, 5) is 17.0. The highest BCUT2D eigenvalue weighted by Crippen LogP contribution is 2.24. The van der Waals surface area contributed by atoms with E-state index in [0.29, 0.717) is 17.5 Å². The van der Waals surface area contributed by atoms with E-state index in [4.69, 9.17) is 0 Å². The predicted molar refractivity (Wildman–Crippen MR) is 100.0 cm³/mol. The summed E-state index contributed by atoms with van der Waals surface area (Å²) in [7, 11) is 0. The molecule has 0 aliphatic heterocycles. The van der Waals surface area contributed by atoms with Crippen LogP contribution in [0.15, 0.2) is 54.9 Å². The first-order chi connectivity index (χ1) is 12.2. The maximum Gasteiger partial charge on any atom is 0.251 e. The fraction of sp³-hybridized carbons (Fsp3) is 0.333. The normalized spacial score (nSPS) is 20.5. The van der Waals surface area contributed by atoms with Crippen LogP contribution in [0.3, 0.4) is 0 Å². The van der Waals surface area contributed by atoms with Gasteiger partial charge in [0.25, 0.3) is 5.91 Å². The Hall–Kier alpha value is -2.62. The highest BCUT2D eigenvalue weighted by Gasteiger charge is 2.23. The number of carbonyl (C=O) groups excluding carboxylic acids is 1. The number of imidazole rings is 1. The Morgan fingerprint density at radius 2 is 1.84 bits per heavy atom. The zero-order valence-electron chi connectivity index (χ0n) is 14.5. The maximum atomic E-state index is 12.5. The molecule has 0 saturated heterocycles. The number of fused-ring (bicyclic) bond motifs is 1. The summed E-state index contributed by atoms with van der Waals surface area (Å²) < 4.78 is 2.04. The van der Waals surface area contributed by atoms with Gasteiger partial charge in [0, 0.05) is 17.3 Å². The van der Waals surface area contributed by atoms with Gasteiger partial charge >= 0.3 is 0 Å². The van der Waals surface area contributed by atoms with Crippen LogP contribution in [-0.4, -0.2) is 21.5 Å². The molecule has 4 rings (SSSR count). The topological polar surface area (TPSA) is 46.9 Å². The molecule has 1 aromatic heterocycles. The number of hydrogen-bond acceptors (Lipinski definition) is 2. The minimum absolute atomic E-state index is 0.0285. The molecule has 0 spiro atoms. The lowest BCUT2D eigenvalue weighted by atomic mass is 9.86. The third kappa shape index (κ3) is 3.16. The van der Waals surface area contributed by atoms with E-state index in [9.17, 15) is 4.79 Å². The number of benzene rings is 2. The van der Waals surface area contributed by atoms with E-state index in [-0.39, 0.29) is 5.91 Å². The van der Waals surface area contributed by atoms with Crippen molar-refractivity contribution in [2.45, 2.75) is 38.6 Å². The summed E-state index contributed by atoms with van der Waals surface area (Å²) in [5.41, 5.74) is 3.76. The third-order valence-electron chi connectivity index (χ3n) is 5.29. The monoisotopic (exact) mass is 333 g/mol. The van der Waals surface area contributed by atoms with Crippen molar-refractivity contribution in [3.8, 4) is 5.69 Å². The maximum absolute atomic E-state index is 12.5. The van der Waals surface area contributed by atoms with E-state index in [2.05, 4.69) is 17.2 Å². The van der Waals surface area contributed by atoms with Gasteiger partial charge in [0.15, 0.2) is 0 Å². The van der Waals surface area contributed by atoms with Crippen molar-refractivity contribution in [2.75, 3.05) is 0 Å². The van der Waals surface area contributed by atoms with Crippen LogP contribution in [-0.2, 0) is 0 Å². The minimum atomic E-state index is 0.0285. The molecule has 2 atom stereocenters. The van der Waals surface area contributed by atoms with Gasteiger partial charge in [0.1, 0.15) is 6.33 Å². The Kier molecular flexibility index (Phi) is 4.26. The van der Waals surface area contributed by atoms with Crippen LogP contribution < -0.4 is 5.32 Å². The zero-order chi connectivity index (χ0) is 17.2. The van der Waals surface area contributed by atoms with Gasteiger partial charge in [-0.1, -0.05) is 31.9 Å². The molecule has 0 radical (unpaired) electrons. The fourth-order valence-corrected chi connectivity index (χ4v) is 3.72. The molecule has 2 unspecified atom stereocenters. The lowest BCUT2D eigenvalue weighted by Gasteiger charge is -2.29. The molecule has 1 heterocycles. The lowest BCUT2D eigenvalue weighted by molar-refractivity contribution is 0.0910. The van der Waals surface area contributed by atoms with Crippen LogP contribution in [0.5, 0.6) is 0 Å². The Morgan fingerprint density at radius 1 is 1.08 bits per heavy atom. The summed E-state index contributed by atoms with van der Waals surface area (Å²) in [6.45, 7) is 2.23. The Morgan fingerprint density at radius 3 is 2.64 bits per heavy atom. The van der Waals surface area contributed by atoms with Crippen molar-refractivity contribution >= 4 is 16.9 Å². The second-order valence-electron chi connectivity index (χ2n) is 6.99. The number of hydrogen-bond donors (Lipinski definition) is 1. The van der Waals surface area contributed by atoms with Crippen LogP contribution in [0.2, 0.25) is 0 Å². The fourth-order valence-electron chi connectivity index (χ4n) is 3.72. The number of para-hydroxylation sites is 2. The van der Waals surface area contributed by atoms with Crippen LogP contribution >= 0.6 is 0 Å². The molecule has 0 bridgehead atoms. The van der Waals surface area contributed by atoms with Crippen LogP contribution in [0.4, 0.5) is 0 Å². The molecule has 1 amide bonds. The van der Waals surface area contributed by atoms with Gasteiger partial charge in [0.2, 0.25) is 0 Å². The van der Waals surface area contributed by atoms with E-state index in [1.54, 1.807) is 0 Å². The molecule has 25 heavy (non-hydrogen) atoms. The number of carbonyl (C=O) groups is 1. The second kappa shape index (κ2) is 6.71. The van der Waals surface area contributed by atoms with Crippen molar-refractivity contribution in [1.82, 2.24) is 14.9 Å². The largest absolute Gasteiger partial charge is 0.349 e. The number of nitrogens with one attached hydrogen (secondary N) is 1. The van der Waals surface area contributed by atoms with Gasteiger partial charge in [-0.2, -0.15) is 0 Å². The van der Waals surface area contributed by atoms with Crippen molar-refractivity contribution in [3.63, 3.8) is 0 Å². The van der Waals surface area contributed by atoms with Crippen LogP contribution in [0.1, 0.15) is 43.0 Å². The van der Waals surface area contributed by atoms with Crippen LogP contribution in [0.25, 0.3) is 16.7 Å². The Balaban J connectivity index is 1.52. The quantitative estimate of drug-likeness (QED) is 0.775. The van der Waals surface area contributed by atoms with Gasteiger partial charge in [-0.15, -0.1) is 0 Å². The smallest absolute Gasteiger partial charge is 0.251 e. The van der Waals surface area contributed by atoms with Gasteiger partial charge in [-0.05, 0) is 55.2 Å². The average molecular weight is 333 g/mol. The summed E-state index contributed by atoms with van der Waals surface area (Å²) in [5, 5.41) is 3.21. The lowest BCUT2D eigenvalue weighted by Crippen LogP contribution is -2.41. The van der Waals surface area contributed by atoms with E-state index in [0.717, 1.165) is 23.1 Å². The first-order valence-corrected chi connectivity index (χ1v) is 9.06. The predicted octanol–water partition coefficient (Wildman–Crippen LogP) is 4.33. The summed E-state index contributed by atoms with van der Waals surface area (Å²) in [5.74, 6) is 0.593. The van der Waals surface area contributed by atoms with E-state index < -0.39 is 0 Å². The molecule has 128 valence electrons. The molecular formula is C21H23N3O. The molecule has 4 heteroatoms. The van der Waals surface area contributed by atoms with Gasteiger partial charge in [-0.25, -0.2) is 4.98 Å². The first-order valence-electron chi connectivity index (χ1n) is 9.06. The number of nitrogens with zero attached hydrogens (tertiary/aromatic N) is 2. The van der Waals surface area contributed by atoms with Crippen molar-refractivity contribution in [2.24, 2.45) is 5.92 Å². The molecule has 1 fully saturated rings. The zero-order valence-corrected chi connectivity index (χ0v) is 14.5. The number of aromatic nitrogens is 2. The Bertz CT molecular complexity index is 882. The molecular weight excluding hydrogens is 310 g/mol. The summed E-state index contributed by atoms with van der Waals surface area (Å²) in [6.07, 6.45) is 6.61. The third-order valence-corrected chi connectivity index (χ3v) is 5.29. The van der Waals surface area contributed by atoms with E-state index >= 15 is 0 Å². The Labute approximate surface area is 147 Å². The first kappa shape index (κ1) is 15.9. The minimum Gasteiger partial charge on any atom is -0.349 e. The molecule has 2 aromatic carbocycles. The summed E-state index contributed by atoms with van der Waals surface area (Å²) in [6, 6.07) is 16.1. The van der Waals surface area contributed by atoms with E-state index in [1.807, 2.05) is 59.4 Å².